The predicted molar refractivity (Wildman–Crippen MR) is 79.6 cm³/mol. The molecule has 0 saturated carbocycles. The molecule has 0 N–H and O–H groups in total. The van der Waals surface area contributed by atoms with Gasteiger partial charge < -0.3 is 9.64 Å². The van der Waals surface area contributed by atoms with Crippen LogP contribution in [-0.2, 0) is 17.8 Å². The van der Waals surface area contributed by atoms with Crippen molar-refractivity contribution in [1.29, 1.82) is 0 Å². The first kappa shape index (κ1) is 13.2. The van der Waals surface area contributed by atoms with Crippen LogP contribution in [0.1, 0.15) is 11.4 Å². The van der Waals surface area contributed by atoms with Crippen LogP contribution in [0.15, 0.2) is 24.7 Å². The molecule has 22 heavy (non-hydrogen) atoms. The number of rotatable bonds is 2. The van der Waals surface area contributed by atoms with Gasteiger partial charge in [0.25, 0.3) is 5.78 Å². The Labute approximate surface area is 127 Å². The fourth-order valence-corrected chi connectivity index (χ4v) is 2.88. The van der Waals surface area contributed by atoms with E-state index in [9.17, 15) is 0 Å². The molecule has 8 heteroatoms. The number of hydrogen-bond acceptors (Lipinski definition) is 6. The van der Waals surface area contributed by atoms with Gasteiger partial charge in [0.15, 0.2) is 0 Å². The molecule has 0 amide bonds. The number of methoxy groups -OCH3 is 1. The minimum Gasteiger partial charge on any atom is -0.378 e. The lowest BCUT2D eigenvalue weighted by atomic mass is 10.3. The molecule has 4 heterocycles. The van der Waals surface area contributed by atoms with E-state index < -0.39 is 0 Å². The highest BCUT2D eigenvalue weighted by atomic mass is 16.5. The molecule has 1 aliphatic heterocycles. The van der Waals surface area contributed by atoms with E-state index in [1.54, 1.807) is 11.6 Å². The van der Waals surface area contributed by atoms with Crippen LogP contribution in [0.5, 0.6) is 0 Å². The number of anilines is 1. The average Bonchev–Trinajstić information content (AvgIpc) is 3.11. The van der Waals surface area contributed by atoms with Crippen LogP contribution in [-0.4, -0.2) is 49.1 Å². The van der Waals surface area contributed by atoms with E-state index in [2.05, 4.69) is 25.1 Å². The Kier molecular flexibility index (Phi) is 3.04. The summed E-state index contributed by atoms with van der Waals surface area (Å²) in [6.07, 6.45) is 3.42. The molecule has 4 rings (SSSR count). The van der Waals surface area contributed by atoms with E-state index in [4.69, 9.17) is 4.74 Å². The van der Waals surface area contributed by atoms with E-state index in [0.717, 1.165) is 36.8 Å². The molecule has 114 valence electrons. The number of hydrogen-bond donors (Lipinski definition) is 0. The van der Waals surface area contributed by atoms with Crippen LogP contribution < -0.4 is 4.90 Å². The third kappa shape index (κ3) is 2.12. The van der Waals surface area contributed by atoms with Crippen LogP contribution >= 0.6 is 0 Å². The van der Waals surface area contributed by atoms with Gasteiger partial charge in [-0.15, -0.1) is 0 Å². The van der Waals surface area contributed by atoms with E-state index in [-0.39, 0.29) is 6.10 Å². The zero-order chi connectivity index (χ0) is 15.1. The lowest BCUT2D eigenvalue weighted by Gasteiger charge is -2.25. The third-order valence-electron chi connectivity index (χ3n) is 3.98. The summed E-state index contributed by atoms with van der Waals surface area (Å²) in [4.78, 5) is 10.8. The Hall–Kier alpha value is -2.48. The molecule has 1 aliphatic rings. The van der Waals surface area contributed by atoms with Gasteiger partial charge in [0.05, 0.1) is 24.9 Å². The quantitative estimate of drug-likeness (QED) is 0.692. The van der Waals surface area contributed by atoms with Crippen molar-refractivity contribution < 1.29 is 4.74 Å². The van der Waals surface area contributed by atoms with Crippen molar-refractivity contribution in [3.05, 3.63) is 36.0 Å². The van der Waals surface area contributed by atoms with Crippen molar-refractivity contribution in [2.45, 2.75) is 26.1 Å². The average molecular weight is 299 g/mol. The molecule has 0 bridgehead atoms. The van der Waals surface area contributed by atoms with Crippen LogP contribution in [0.2, 0.25) is 0 Å². The van der Waals surface area contributed by atoms with Crippen molar-refractivity contribution in [1.82, 2.24) is 29.4 Å². The highest BCUT2D eigenvalue weighted by molar-refractivity contribution is 5.47. The number of aromatic nitrogens is 6. The molecular formula is C14H17N7O. The van der Waals surface area contributed by atoms with Gasteiger partial charge in [0.1, 0.15) is 12.1 Å². The zero-order valence-electron chi connectivity index (χ0n) is 12.5. The Morgan fingerprint density at radius 1 is 1.27 bits per heavy atom. The van der Waals surface area contributed by atoms with Crippen molar-refractivity contribution in [3.8, 4) is 0 Å². The number of ether oxygens (including phenoxy) is 1. The molecule has 0 aromatic carbocycles. The third-order valence-corrected chi connectivity index (χ3v) is 3.98. The largest absolute Gasteiger partial charge is 0.378 e. The van der Waals surface area contributed by atoms with Crippen molar-refractivity contribution in [2.75, 3.05) is 18.6 Å². The van der Waals surface area contributed by atoms with Crippen LogP contribution in [0.3, 0.4) is 0 Å². The van der Waals surface area contributed by atoms with Crippen molar-refractivity contribution in [2.24, 2.45) is 0 Å². The number of fused-ring (bicyclic) bond motifs is 2. The first-order chi connectivity index (χ1) is 10.7. The molecule has 0 saturated heterocycles. The molecule has 3 aromatic rings. The molecular weight excluding hydrogens is 282 g/mol. The molecule has 0 unspecified atom stereocenters. The summed E-state index contributed by atoms with van der Waals surface area (Å²) in [6.45, 7) is 4.23. The summed E-state index contributed by atoms with van der Waals surface area (Å²) in [5.41, 5.74) is 2.07. The van der Waals surface area contributed by atoms with E-state index >= 15 is 0 Å². The second-order valence-corrected chi connectivity index (χ2v) is 5.47. The molecule has 0 fully saturated rings. The summed E-state index contributed by atoms with van der Waals surface area (Å²) in [6, 6.07) is 4.07. The van der Waals surface area contributed by atoms with Gasteiger partial charge >= 0.3 is 0 Å². The lowest BCUT2D eigenvalue weighted by Crippen LogP contribution is -2.33. The molecule has 1 atom stereocenters. The topological polar surface area (TPSA) is 73.4 Å². The molecule has 0 spiro atoms. The maximum Gasteiger partial charge on any atom is 0.254 e. The van der Waals surface area contributed by atoms with Gasteiger partial charge in [-0.2, -0.15) is 19.7 Å². The van der Waals surface area contributed by atoms with E-state index in [0.29, 0.717) is 5.78 Å². The summed E-state index contributed by atoms with van der Waals surface area (Å²) in [5, 5.41) is 8.67. The molecule has 0 aliphatic carbocycles. The highest BCUT2D eigenvalue weighted by Crippen LogP contribution is 2.22. The standard InChI is InChI=1S/C14H17N7O/c1-10-5-13(21-14(18-10)15-9-17-21)19-6-11-3-4-16-20(11)8-12(7-19)22-2/h3-5,9,12H,6-8H2,1-2H3/t12-/m1/s1. The SMILES string of the molecule is CO[C@@H]1CN(c2cc(C)nc3ncnn23)Cc2ccnn2C1. The number of aryl methyl sites for hydroxylation is 1. The van der Waals surface area contributed by atoms with E-state index in [1.807, 2.05) is 29.9 Å². The summed E-state index contributed by atoms with van der Waals surface area (Å²) >= 11 is 0. The maximum atomic E-state index is 5.61. The first-order valence-corrected chi connectivity index (χ1v) is 7.20. The Morgan fingerprint density at radius 2 is 2.18 bits per heavy atom. The van der Waals surface area contributed by atoms with Gasteiger partial charge in [-0.25, -0.2) is 4.98 Å². The Morgan fingerprint density at radius 3 is 3.05 bits per heavy atom. The number of nitrogens with zero attached hydrogens (tertiary/aromatic N) is 7. The summed E-state index contributed by atoms with van der Waals surface area (Å²) in [7, 11) is 1.74. The predicted octanol–water partition coefficient (Wildman–Crippen LogP) is 0.664. The van der Waals surface area contributed by atoms with Crippen molar-refractivity contribution >= 4 is 11.6 Å². The minimum atomic E-state index is 0.0631. The molecule has 3 aromatic heterocycles. The minimum absolute atomic E-state index is 0.0631. The van der Waals surface area contributed by atoms with Gasteiger partial charge in [-0.1, -0.05) is 0 Å². The second kappa shape index (κ2) is 5.06. The van der Waals surface area contributed by atoms with Gasteiger partial charge in [0, 0.05) is 31.6 Å². The monoisotopic (exact) mass is 299 g/mol. The Bertz CT molecular complexity index is 808. The smallest absolute Gasteiger partial charge is 0.254 e. The molecule has 0 radical (unpaired) electrons. The zero-order valence-corrected chi connectivity index (χ0v) is 12.5. The van der Waals surface area contributed by atoms with Crippen LogP contribution in [0.4, 0.5) is 5.82 Å². The van der Waals surface area contributed by atoms with Crippen LogP contribution in [0.25, 0.3) is 5.78 Å². The van der Waals surface area contributed by atoms with Gasteiger partial charge in [-0.3, -0.25) is 4.68 Å². The highest BCUT2D eigenvalue weighted by Gasteiger charge is 2.24. The van der Waals surface area contributed by atoms with Crippen molar-refractivity contribution in [3.63, 3.8) is 0 Å². The van der Waals surface area contributed by atoms with E-state index in [1.165, 1.54) is 6.33 Å². The first-order valence-electron chi connectivity index (χ1n) is 7.20. The fourth-order valence-electron chi connectivity index (χ4n) is 2.88. The van der Waals surface area contributed by atoms with Crippen LogP contribution in [0, 0.1) is 6.92 Å². The second-order valence-electron chi connectivity index (χ2n) is 5.47. The maximum absolute atomic E-state index is 5.61. The van der Waals surface area contributed by atoms with Gasteiger partial charge in [0.2, 0.25) is 0 Å². The van der Waals surface area contributed by atoms with Gasteiger partial charge in [-0.05, 0) is 13.0 Å². The lowest BCUT2D eigenvalue weighted by molar-refractivity contribution is 0.0926. The fraction of sp³-hybridized carbons (Fsp3) is 0.429. The normalized spacial score (nSPS) is 18.5. The summed E-state index contributed by atoms with van der Waals surface area (Å²) in [5.74, 6) is 1.58. The summed E-state index contributed by atoms with van der Waals surface area (Å²) < 4.78 is 9.38. The Balaban J connectivity index is 1.81. The molecule has 8 nitrogen and oxygen atoms in total.